The maximum Gasteiger partial charge on any atom is 0.142 e. The van der Waals surface area contributed by atoms with Crippen LogP contribution in [0.5, 0.6) is 0 Å². The number of hydrogen-bond acceptors (Lipinski definition) is 1. The summed E-state index contributed by atoms with van der Waals surface area (Å²) in [6, 6.07) is 4.57. The number of nitrogens with one attached hydrogen (secondary N) is 1. The molecule has 0 spiro atoms. The lowest BCUT2D eigenvalue weighted by Gasteiger charge is -1.97. The standard InChI is InChI=1S/C9H6ClFN2/c10-7-2-1-6(5-8(7)11)9-12-3-4-13-9/h1-5H,(H,12,13). The number of rotatable bonds is 1. The molecule has 0 amide bonds. The molecule has 2 aromatic rings. The van der Waals surface area contributed by atoms with Crippen molar-refractivity contribution in [3.05, 3.63) is 41.4 Å². The first kappa shape index (κ1) is 8.26. The number of hydrogen-bond donors (Lipinski definition) is 1. The first-order valence-electron chi connectivity index (χ1n) is 3.72. The van der Waals surface area contributed by atoms with Crippen molar-refractivity contribution in [1.29, 1.82) is 0 Å². The second-order valence-corrected chi connectivity index (χ2v) is 2.97. The van der Waals surface area contributed by atoms with E-state index in [-0.39, 0.29) is 5.02 Å². The molecule has 1 aromatic heterocycles. The molecule has 0 saturated carbocycles. The lowest BCUT2D eigenvalue weighted by Crippen LogP contribution is -1.83. The van der Waals surface area contributed by atoms with E-state index in [4.69, 9.17) is 11.6 Å². The maximum atomic E-state index is 13.0. The third kappa shape index (κ3) is 1.55. The largest absolute Gasteiger partial charge is 0.345 e. The van der Waals surface area contributed by atoms with Crippen LogP contribution in [0.15, 0.2) is 30.6 Å². The summed E-state index contributed by atoms with van der Waals surface area (Å²) in [6.07, 6.45) is 3.30. The Hall–Kier alpha value is -1.35. The van der Waals surface area contributed by atoms with E-state index in [1.165, 1.54) is 12.1 Å². The fraction of sp³-hybridized carbons (Fsp3) is 0. The highest BCUT2D eigenvalue weighted by Gasteiger charge is 2.03. The monoisotopic (exact) mass is 196 g/mol. The van der Waals surface area contributed by atoms with Crippen LogP contribution in [0.25, 0.3) is 11.4 Å². The number of benzene rings is 1. The smallest absolute Gasteiger partial charge is 0.142 e. The minimum Gasteiger partial charge on any atom is -0.345 e. The molecule has 0 radical (unpaired) electrons. The molecule has 2 rings (SSSR count). The van der Waals surface area contributed by atoms with Gasteiger partial charge >= 0.3 is 0 Å². The molecule has 0 unspecified atom stereocenters. The number of aromatic amines is 1. The van der Waals surface area contributed by atoms with Gasteiger partial charge in [0.25, 0.3) is 0 Å². The molecule has 0 aliphatic heterocycles. The SMILES string of the molecule is Fc1cc(-c2ncc[nH]2)ccc1Cl. The van der Waals surface area contributed by atoms with Gasteiger partial charge in [0.15, 0.2) is 0 Å². The van der Waals surface area contributed by atoms with Gasteiger partial charge in [-0.1, -0.05) is 11.6 Å². The van der Waals surface area contributed by atoms with Crippen LogP contribution in [-0.2, 0) is 0 Å². The van der Waals surface area contributed by atoms with E-state index < -0.39 is 5.82 Å². The highest BCUT2D eigenvalue weighted by molar-refractivity contribution is 6.30. The molecule has 0 fully saturated rings. The van der Waals surface area contributed by atoms with E-state index in [1.807, 2.05) is 0 Å². The summed E-state index contributed by atoms with van der Waals surface area (Å²) in [5.74, 6) is 0.200. The van der Waals surface area contributed by atoms with Crippen molar-refractivity contribution in [3.63, 3.8) is 0 Å². The molecule has 13 heavy (non-hydrogen) atoms. The second kappa shape index (κ2) is 3.18. The highest BCUT2D eigenvalue weighted by atomic mass is 35.5. The summed E-state index contributed by atoms with van der Waals surface area (Å²) < 4.78 is 13.0. The number of nitrogens with zero attached hydrogens (tertiary/aromatic N) is 1. The van der Waals surface area contributed by atoms with Crippen molar-refractivity contribution in [2.75, 3.05) is 0 Å². The minimum absolute atomic E-state index is 0.121. The van der Waals surface area contributed by atoms with E-state index >= 15 is 0 Å². The number of halogens is 2. The normalized spacial score (nSPS) is 10.3. The molecule has 1 aromatic carbocycles. The zero-order valence-corrected chi connectivity index (χ0v) is 7.35. The van der Waals surface area contributed by atoms with Gasteiger partial charge in [0.05, 0.1) is 5.02 Å². The van der Waals surface area contributed by atoms with E-state index in [9.17, 15) is 4.39 Å². The number of aromatic nitrogens is 2. The van der Waals surface area contributed by atoms with Gasteiger partial charge in [0.2, 0.25) is 0 Å². The molecule has 0 aliphatic carbocycles. The fourth-order valence-corrected chi connectivity index (χ4v) is 1.18. The Morgan fingerprint density at radius 1 is 1.38 bits per heavy atom. The second-order valence-electron chi connectivity index (χ2n) is 2.57. The van der Waals surface area contributed by atoms with Gasteiger partial charge in [-0.15, -0.1) is 0 Å². The molecule has 0 bridgehead atoms. The Labute approximate surface area is 79.4 Å². The third-order valence-electron chi connectivity index (χ3n) is 1.69. The Balaban J connectivity index is 2.49. The predicted octanol–water partition coefficient (Wildman–Crippen LogP) is 2.87. The molecule has 4 heteroatoms. The molecule has 1 heterocycles. The van der Waals surface area contributed by atoms with Crippen LogP contribution < -0.4 is 0 Å². The zero-order valence-electron chi connectivity index (χ0n) is 6.59. The first-order valence-corrected chi connectivity index (χ1v) is 4.10. The lowest BCUT2D eigenvalue weighted by molar-refractivity contribution is 0.628. The van der Waals surface area contributed by atoms with Crippen molar-refractivity contribution in [2.24, 2.45) is 0 Å². The number of H-pyrrole nitrogens is 1. The summed E-state index contributed by atoms with van der Waals surface area (Å²) in [5, 5.41) is 0.121. The quantitative estimate of drug-likeness (QED) is 0.747. The molecule has 66 valence electrons. The van der Waals surface area contributed by atoms with Crippen LogP contribution in [0.3, 0.4) is 0 Å². The topological polar surface area (TPSA) is 28.7 Å². The summed E-state index contributed by atoms with van der Waals surface area (Å²) >= 11 is 5.54. The van der Waals surface area contributed by atoms with Crippen LogP contribution in [0.2, 0.25) is 5.02 Å². The van der Waals surface area contributed by atoms with E-state index in [0.29, 0.717) is 11.4 Å². The van der Waals surface area contributed by atoms with E-state index in [2.05, 4.69) is 9.97 Å². The van der Waals surface area contributed by atoms with Gasteiger partial charge in [-0.3, -0.25) is 0 Å². The van der Waals surface area contributed by atoms with E-state index in [1.54, 1.807) is 18.5 Å². The summed E-state index contributed by atoms with van der Waals surface area (Å²) in [5.41, 5.74) is 0.687. The van der Waals surface area contributed by atoms with Crippen molar-refractivity contribution < 1.29 is 4.39 Å². The van der Waals surface area contributed by atoms with Gasteiger partial charge in [0.1, 0.15) is 11.6 Å². The Morgan fingerprint density at radius 2 is 2.23 bits per heavy atom. The van der Waals surface area contributed by atoms with Gasteiger partial charge < -0.3 is 4.98 Å². The maximum absolute atomic E-state index is 13.0. The van der Waals surface area contributed by atoms with E-state index in [0.717, 1.165) is 0 Å². The minimum atomic E-state index is -0.435. The van der Waals surface area contributed by atoms with Crippen LogP contribution in [0.4, 0.5) is 4.39 Å². The van der Waals surface area contributed by atoms with Crippen molar-refractivity contribution in [1.82, 2.24) is 9.97 Å². The summed E-state index contributed by atoms with van der Waals surface area (Å²) in [7, 11) is 0. The van der Waals surface area contributed by atoms with Gasteiger partial charge in [-0.25, -0.2) is 9.37 Å². The van der Waals surface area contributed by atoms with Crippen LogP contribution in [0.1, 0.15) is 0 Å². The van der Waals surface area contributed by atoms with Crippen LogP contribution >= 0.6 is 11.6 Å². The molecular weight excluding hydrogens is 191 g/mol. The van der Waals surface area contributed by atoms with Crippen molar-refractivity contribution >= 4 is 11.6 Å². The Bertz CT molecular complexity index is 412. The highest BCUT2D eigenvalue weighted by Crippen LogP contribution is 2.21. The van der Waals surface area contributed by atoms with Crippen molar-refractivity contribution in [2.45, 2.75) is 0 Å². The van der Waals surface area contributed by atoms with Gasteiger partial charge in [0, 0.05) is 18.0 Å². The third-order valence-corrected chi connectivity index (χ3v) is 2.00. The van der Waals surface area contributed by atoms with Crippen LogP contribution in [0, 0.1) is 5.82 Å². The van der Waals surface area contributed by atoms with Gasteiger partial charge in [-0.2, -0.15) is 0 Å². The van der Waals surface area contributed by atoms with Crippen LogP contribution in [-0.4, -0.2) is 9.97 Å². The molecule has 2 nitrogen and oxygen atoms in total. The Kier molecular flexibility index (Phi) is 2.02. The molecule has 1 N–H and O–H groups in total. The predicted molar refractivity (Wildman–Crippen MR) is 49.0 cm³/mol. The van der Waals surface area contributed by atoms with Crippen molar-refractivity contribution in [3.8, 4) is 11.4 Å². The summed E-state index contributed by atoms with van der Waals surface area (Å²) in [6.45, 7) is 0. The lowest BCUT2D eigenvalue weighted by atomic mass is 10.2. The average molecular weight is 197 g/mol. The van der Waals surface area contributed by atoms with Gasteiger partial charge in [-0.05, 0) is 18.2 Å². The number of imidazole rings is 1. The zero-order chi connectivity index (χ0) is 9.26. The molecule has 0 saturated heterocycles. The molecule has 0 aliphatic rings. The fourth-order valence-electron chi connectivity index (χ4n) is 1.07. The first-order chi connectivity index (χ1) is 6.27. The summed E-state index contributed by atoms with van der Waals surface area (Å²) in [4.78, 5) is 6.87. The molecule has 0 atom stereocenters. The molecular formula is C9H6ClFN2. The Morgan fingerprint density at radius 3 is 2.85 bits per heavy atom. The average Bonchev–Trinajstić information content (AvgIpc) is 2.62.